The Hall–Kier alpha value is -0.200. The molecule has 5 N–H and O–H groups in total. The van der Waals surface area contributed by atoms with Crippen molar-refractivity contribution in [1.29, 1.82) is 0 Å². The number of nitrogens with one attached hydrogen (secondary N) is 1. The van der Waals surface area contributed by atoms with Crippen LogP contribution in [0.2, 0.25) is 0 Å². The highest BCUT2D eigenvalue weighted by molar-refractivity contribution is 4.82. The van der Waals surface area contributed by atoms with Gasteiger partial charge in [0.1, 0.15) is 6.10 Å². The molecule has 0 rings (SSSR count). The van der Waals surface area contributed by atoms with E-state index in [1.54, 1.807) is 7.05 Å². The first kappa shape index (κ1) is 11.8. The lowest BCUT2D eigenvalue weighted by Crippen LogP contribution is -2.50. The maximum Gasteiger partial charge on any atom is 0.107 e. The summed E-state index contributed by atoms with van der Waals surface area (Å²) in [6.07, 6.45) is -3.42. The van der Waals surface area contributed by atoms with Gasteiger partial charge in [-0.3, -0.25) is 0 Å². The second-order valence-electron chi connectivity index (χ2n) is 2.80. The Labute approximate surface area is 71.7 Å². The molecule has 0 aromatic heterocycles. The van der Waals surface area contributed by atoms with Crippen LogP contribution >= 0.6 is 0 Å². The van der Waals surface area contributed by atoms with Crippen LogP contribution in [-0.4, -0.2) is 58.4 Å². The summed E-state index contributed by atoms with van der Waals surface area (Å²) in [7, 11) is 1.55. The van der Waals surface area contributed by atoms with Gasteiger partial charge in [0.15, 0.2) is 0 Å². The van der Waals surface area contributed by atoms with Crippen LogP contribution in [0.1, 0.15) is 6.92 Å². The third-order valence-electron chi connectivity index (χ3n) is 1.82. The Morgan fingerprint density at radius 2 is 1.67 bits per heavy atom. The fourth-order valence-corrected chi connectivity index (χ4v) is 0.893. The van der Waals surface area contributed by atoms with Crippen LogP contribution in [0.25, 0.3) is 0 Å². The molecule has 0 fully saturated rings. The normalized spacial score (nSPS) is 21.5. The number of hydrogen-bond acceptors (Lipinski definition) is 5. The van der Waals surface area contributed by atoms with Gasteiger partial charge in [0.05, 0.1) is 24.9 Å². The van der Waals surface area contributed by atoms with Crippen LogP contribution in [0.5, 0.6) is 0 Å². The van der Waals surface area contributed by atoms with Crippen molar-refractivity contribution < 1.29 is 20.4 Å². The highest BCUT2D eigenvalue weighted by atomic mass is 16.4. The zero-order chi connectivity index (χ0) is 9.72. The summed E-state index contributed by atoms with van der Waals surface area (Å²) in [6.45, 7) is 1.08. The summed E-state index contributed by atoms with van der Waals surface area (Å²) in [5, 5.41) is 38.7. The van der Waals surface area contributed by atoms with Crippen molar-refractivity contribution in [3.63, 3.8) is 0 Å². The SMILES string of the molecule is CN[C@H](CO)C(O)C(O)[C@H](C)O. The maximum absolute atomic E-state index is 9.32. The van der Waals surface area contributed by atoms with Crippen molar-refractivity contribution >= 4 is 0 Å². The monoisotopic (exact) mass is 179 g/mol. The van der Waals surface area contributed by atoms with Gasteiger partial charge < -0.3 is 25.7 Å². The Bertz CT molecular complexity index is 114. The van der Waals surface area contributed by atoms with Crippen LogP contribution in [0.15, 0.2) is 0 Å². The van der Waals surface area contributed by atoms with Gasteiger partial charge in [-0.2, -0.15) is 0 Å². The van der Waals surface area contributed by atoms with Gasteiger partial charge in [0, 0.05) is 0 Å². The van der Waals surface area contributed by atoms with Crippen LogP contribution in [0.3, 0.4) is 0 Å². The molecule has 4 atom stereocenters. The summed E-state index contributed by atoms with van der Waals surface area (Å²) in [5.41, 5.74) is 0. The van der Waals surface area contributed by atoms with E-state index in [0.29, 0.717) is 0 Å². The molecule has 0 saturated heterocycles. The Kier molecular flexibility index (Phi) is 5.36. The number of likely N-dealkylation sites (N-methyl/N-ethyl adjacent to an activating group) is 1. The molecule has 0 amide bonds. The lowest BCUT2D eigenvalue weighted by Gasteiger charge is -2.26. The minimum atomic E-state index is -1.24. The van der Waals surface area contributed by atoms with Gasteiger partial charge in [-0.15, -0.1) is 0 Å². The summed E-state index contributed by atoms with van der Waals surface area (Å²) in [4.78, 5) is 0. The number of hydrogen-bond donors (Lipinski definition) is 5. The van der Waals surface area contributed by atoms with Gasteiger partial charge in [-0.1, -0.05) is 0 Å². The fraction of sp³-hybridized carbons (Fsp3) is 1.00. The molecule has 0 aliphatic rings. The maximum atomic E-state index is 9.32. The van der Waals surface area contributed by atoms with E-state index in [9.17, 15) is 10.2 Å². The lowest BCUT2D eigenvalue weighted by atomic mass is 10.0. The van der Waals surface area contributed by atoms with E-state index in [0.717, 1.165) is 0 Å². The molecule has 74 valence electrons. The Balaban J connectivity index is 4.05. The van der Waals surface area contributed by atoms with Crippen LogP contribution in [-0.2, 0) is 0 Å². The average molecular weight is 179 g/mol. The van der Waals surface area contributed by atoms with E-state index in [-0.39, 0.29) is 6.61 Å². The van der Waals surface area contributed by atoms with Gasteiger partial charge in [-0.05, 0) is 14.0 Å². The number of rotatable bonds is 5. The highest BCUT2D eigenvalue weighted by Crippen LogP contribution is 2.03. The van der Waals surface area contributed by atoms with E-state index < -0.39 is 24.4 Å². The molecule has 0 aliphatic carbocycles. The average Bonchev–Trinajstić information content (AvgIpc) is 2.05. The van der Waals surface area contributed by atoms with E-state index in [2.05, 4.69) is 5.32 Å². The molecule has 0 aromatic rings. The second kappa shape index (κ2) is 5.45. The van der Waals surface area contributed by atoms with Crippen LogP contribution in [0, 0.1) is 0 Å². The zero-order valence-corrected chi connectivity index (χ0v) is 7.31. The quantitative estimate of drug-likeness (QED) is 0.326. The smallest absolute Gasteiger partial charge is 0.107 e. The predicted molar refractivity (Wildman–Crippen MR) is 43.6 cm³/mol. The largest absolute Gasteiger partial charge is 0.395 e. The Morgan fingerprint density at radius 3 is 1.92 bits per heavy atom. The minimum Gasteiger partial charge on any atom is -0.395 e. The van der Waals surface area contributed by atoms with Crippen molar-refractivity contribution in [3.8, 4) is 0 Å². The number of aliphatic hydroxyl groups is 4. The molecule has 0 aliphatic heterocycles. The zero-order valence-electron chi connectivity index (χ0n) is 7.31. The Morgan fingerprint density at radius 1 is 1.17 bits per heavy atom. The predicted octanol–water partition coefficient (Wildman–Crippen LogP) is -2.33. The topological polar surface area (TPSA) is 93.0 Å². The van der Waals surface area contributed by atoms with Gasteiger partial charge in [-0.25, -0.2) is 0 Å². The van der Waals surface area contributed by atoms with E-state index >= 15 is 0 Å². The van der Waals surface area contributed by atoms with Gasteiger partial charge >= 0.3 is 0 Å². The molecule has 5 heteroatoms. The summed E-state index contributed by atoms with van der Waals surface area (Å²) >= 11 is 0. The van der Waals surface area contributed by atoms with Crippen LogP contribution in [0.4, 0.5) is 0 Å². The van der Waals surface area contributed by atoms with Crippen LogP contribution < -0.4 is 5.32 Å². The first-order valence-electron chi connectivity index (χ1n) is 3.87. The highest BCUT2D eigenvalue weighted by Gasteiger charge is 2.27. The van der Waals surface area contributed by atoms with E-state index in [1.165, 1.54) is 6.92 Å². The van der Waals surface area contributed by atoms with E-state index in [4.69, 9.17) is 10.2 Å². The molecule has 0 bridgehead atoms. The summed E-state index contributed by atoms with van der Waals surface area (Å²) < 4.78 is 0. The van der Waals surface area contributed by atoms with Crippen molar-refractivity contribution in [1.82, 2.24) is 5.32 Å². The summed E-state index contributed by atoms with van der Waals surface area (Å²) in [5.74, 6) is 0. The lowest BCUT2D eigenvalue weighted by molar-refractivity contribution is -0.0706. The fourth-order valence-electron chi connectivity index (χ4n) is 0.893. The standard InChI is InChI=1S/C7H17NO4/c1-4(10)6(11)7(12)5(3-9)8-2/h4-12H,3H2,1-2H3/t4-,5+,6?,7?/m0/s1. The van der Waals surface area contributed by atoms with E-state index in [1.807, 2.05) is 0 Å². The van der Waals surface area contributed by atoms with Crippen molar-refractivity contribution in [3.05, 3.63) is 0 Å². The first-order valence-corrected chi connectivity index (χ1v) is 3.87. The molecule has 0 radical (unpaired) electrons. The van der Waals surface area contributed by atoms with Crippen molar-refractivity contribution in [2.24, 2.45) is 0 Å². The van der Waals surface area contributed by atoms with Gasteiger partial charge in [0.2, 0.25) is 0 Å². The first-order chi connectivity index (χ1) is 5.54. The molecule has 0 spiro atoms. The minimum absolute atomic E-state index is 0.290. The molecule has 2 unspecified atom stereocenters. The third kappa shape index (κ3) is 3.04. The molecule has 12 heavy (non-hydrogen) atoms. The molecule has 5 nitrogen and oxygen atoms in total. The second-order valence-corrected chi connectivity index (χ2v) is 2.80. The molecular formula is C7H17NO4. The van der Waals surface area contributed by atoms with Gasteiger partial charge in [0.25, 0.3) is 0 Å². The summed E-state index contributed by atoms with van der Waals surface area (Å²) in [6, 6.07) is -0.616. The molecular weight excluding hydrogens is 162 g/mol. The third-order valence-corrected chi connectivity index (χ3v) is 1.82. The van der Waals surface area contributed by atoms with Crippen molar-refractivity contribution in [2.75, 3.05) is 13.7 Å². The molecule has 0 saturated carbocycles. The number of aliphatic hydroxyl groups excluding tert-OH is 4. The molecule has 0 aromatic carbocycles. The van der Waals surface area contributed by atoms with Crippen molar-refractivity contribution in [2.45, 2.75) is 31.3 Å². The molecule has 0 heterocycles.